The van der Waals surface area contributed by atoms with E-state index in [1.807, 2.05) is 0 Å². The minimum atomic E-state index is -1.19. The highest BCUT2D eigenvalue weighted by Crippen LogP contribution is 2.20. The van der Waals surface area contributed by atoms with E-state index in [1.54, 1.807) is 19.1 Å². The van der Waals surface area contributed by atoms with E-state index in [4.69, 9.17) is 17.3 Å². The summed E-state index contributed by atoms with van der Waals surface area (Å²) in [5.41, 5.74) is 5.18. The number of pyridine rings is 1. The number of hydrogen-bond acceptors (Lipinski definition) is 4. The van der Waals surface area contributed by atoms with Crippen molar-refractivity contribution < 1.29 is 9.53 Å². The Balaban J connectivity index is 3.09. The molecular formula is C9H11ClN2O2. The molecule has 5 heteroatoms. The molecule has 1 rings (SSSR count). The van der Waals surface area contributed by atoms with Gasteiger partial charge in [0, 0.05) is 6.20 Å². The summed E-state index contributed by atoms with van der Waals surface area (Å²) in [6, 6.07) is 3.17. The molecule has 0 saturated heterocycles. The third-order valence-electron chi connectivity index (χ3n) is 1.94. The zero-order valence-corrected chi connectivity index (χ0v) is 8.71. The molecule has 4 nitrogen and oxygen atoms in total. The van der Waals surface area contributed by atoms with Gasteiger partial charge in [-0.1, -0.05) is 11.6 Å². The first-order valence-electron chi connectivity index (χ1n) is 3.98. The first-order valence-corrected chi connectivity index (χ1v) is 4.35. The predicted octanol–water partition coefficient (Wildman–Crippen LogP) is 1.08. The SMILES string of the molecule is COC(=O)[C@](C)(N)c1ccnc(Cl)c1. The van der Waals surface area contributed by atoms with Crippen LogP contribution in [0.15, 0.2) is 18.3 Å². The first-order chi connectivity index (χ1) is 6.48. The molecule has 0 saturated carbocycles. The van der Waals surface area contributed by atoms with Crippen molar-refractivity contribution in [3.63, 3.8) is 0 Å². The number of rotatable bonds is 2. The topological polar surface area (TPSA) is 65.2 Å². The maximum atomic E-state index is 11.3. The van der Waals surface area contributed by atoms with Crippen molar-refractivity contribution >= 4 is 17.6 Å². The van der Waals surface area contributed by atoms with Crippen LogP contribution >= 0.6 is 11.6 Å². The summed E-state index contributed by atoms with van der Waals surface area (Å²) < 4.78 is 4.58. The van der Waals surface area contributed by atoms with E-state index < -0.39 is 11.5 Å². The third-order valence-corrected chi connectivity index (χ3v) is 2.14. The fourth-order valence-corrected chi connectivity index (χ4v) is 1.23. The minimum Gasteiger partial charge on any atom is -0.467 e. The second-order valence-corrected chi connectivity index (χ2v) is 3.45. The molecule has 0 fully saturated rings. The van der Waals surface area contributed by atoms with Crippen LogP contribution in [0.5, 0.6) is 0 Å². The van der Waals surface area contributed by atoms with Gasteiger partial charge >= 0.3 is 5.97 Å². The highest BCUT2D eigenvalue weighted by atomic mass is 35.5. The van der Waals surface area contributed by atoms with Gasteiger partial charge in [0.1, 0.15) is 10.7 Å². The summed E-state index contributed by atoms with van der Waals surface area (Å²) in [7, 11) is 1.29. The molecule has 0 aliphatic heterocycles. The van der Waals surface area contributed by atoms with E-state index in [1.165, 1.54) is 13.3 Å². The van der Waals surface area contributed by atoms with Gasteiger partial charge < -0.3 is 10.5 Å². The standard InChI is InChI=1S/C9H11ClN2O2/c1-9(11,8(13)14-2)6-3-4-12-7(10)5-6/h3-5H,11H2,1-2H3/t9-/m1/s1. The fraction of sp³-hybridized carbons (Fsp3) is 0.333. The Morgan fingerprint density at radius 3 is 2.86 bits per heavy atom. The maximum Gasteiger partial charge on any atom is 0.330 e. The van der Waals surface area contributed by atoms with Crippen LogP contribution in [0.4, 0.5) is 0 Å². The molecule has 1 aromatic rings. The van der Waals surface area contributed by atoms with E-state index in [2.05, 4.69) is 9.72 Å². The number of methoxy groups -OCH3 is 1. The normalized spacial score (nSPS) is 14.6. The van der Waals surface area contributed by atoms with Gasteiger partial charge in [-0.2, -0.15) is 0 Å². The molecule has 0 unspecified atom stereocenters. The van der Waals surface area contributed by atoms with Gasteiger partial charge in [-0.3, -0.25) is 0 Å². The van der Waals surface area contributed by atoms with Crippen molar-refractivity contribution in [3.8, 4) is 0 Å². The van der Waals surface area contributed by atoms with Gasteiger partial charge in [0.2, 0.25) is 0 Å². The number of ether oxygens (including phenoxy) is 1. The Kier molecular flexibility index (Phi) is 3.08. The largest absolute Gasteiger partial charge is 0.467 e. The lowest BCUT2D eigenvalue weighted by Gasteiger charge is -2.21. The molecule has 2 N–H and O–H groups in total. The van der Waals surface area contributed by atoms with Crippen LogP contribution in [0.2, 0.25) is 5.15 Å². The summed E-state index contributed by atoms with van der Waals surface area (Å²) >= 11 is 5.68. The molecule has 0 aromatic carbocycles. The van der Waals surface area contributed by atoms with Crippen LogP contribution in [0.3, 0.4) is 0 Å². The lowest BCUT2D eigenvalue weighted by molar-refractivity contribution is -0.146. The molecule has 0 amide bonds. The molecular weight excluding hydrogens is 204 g/mol. The van der Waals surface area contributed by atoms with Crippen molar-refractivity contribution in [2.24, 2.45) is 5.73 Å². The molecule has 0 radical (unpaired) electrons. The number of hydrogen-bond donors (Lipinski definition) is 1. The van der Waals surface area contributed by atoms with Crippen LogP contribution in [0, 0.1) is 0 Å². The van der Waals surface area contributed by atoms with E-state index in [-0.39, 0.29) is 0 Å². The second-order valence-electron chi connectivity index (χ2n) is 3.06. The van der Waals surface area contributed by atoms with Crippen LogP contribution in [0.1, 0.15) is 12.5 Å². The number of carbonyl (C=O) groups is 1. The molecule has 0 bridgehead atoms. The Morgan fingerprint density at radius 1 is 1.71 bits per heavy atom. The average Bonchev–Trinajstić information content (AvgIpc) is 2.16. The number of aromatic nitrogens is 1. The number of esters is 1. The van der Waals surface area contributed by atoms with Crippen LogP contribution in [-0.2, 0) is 15.1 Å². The van der Waals surface area contributed by atoms with Crippen LogP contribution in [-0.4, -0.2) is 18.1 Å². The van der Waals surface area contributed by atoms with Crippen molar-refractivity contribution in [2.75, 3.05) is 7.11 Å². The van der Waals surface area contributed by atoms with Crippen molar-refractivity contribution in [3.05, 3.63) is 29.0 Å². The van der Waals surface area contributed by atoms with E-state index in [9.17, 15) is 4.79 Å². The number of nitrogens with zero attached hydrogens (tertiary/aromatic N) is 1. The van der Waals surface area contributed by atoms with Gasteiger partial charge in [0.25, 0.3) is 0 Å². The van der Waals surface area contributed by atoms with Crippen molar-refractivity contribution in [1.29, 1.82) is 0 Å². The first kappa shape index (κ1) is 10.9. The number of nitrogens with two attached hydrogens (primary N) is 1. The molecule has 1 heterocycles. The lowest BCUT2D eigenvalue weighted by atomic mass is 9.94. The highest BCUT2D eigenvalue weighted by molar-refractivity contribution is 6.29. The van der Waals surface area contributed by atoms with E-state index in [0.29, 0.717) is 10.7 Å². The van der Waals surface area contributed by atoms with Crippen molar-refractivity contribution in [1.82, 2.24) is 4.98 Å². The van der Waals surface area contributed by atoms with Gasteiger partial charge in [0.15, 0.2) is 0 Å². The van der Waals surface area contributed by atoms with Crippen molar-refractivity contribution in [2.45, 2.75) is 12.5 Å². The monoisotopic (exact) mass is 214 g/mol. The highest BCUT2D eigenvalue weighted by Gasteiger charge is 2.31. The van der Waals surface area contributed by atoms with Gasteiger partial charge in [0.05, 0.1) is 7.11 Å². The smallest absolute Gasteiger partial charge is 0.330 e. The Labute approximate surface area is 87.0 Å². The summed E-state index contributed by atoms with van der Waals surface area (Å²) in [5, 5.41) is 0.295. The minimum absolute atomic E-state index is 0.295. The number of halogens is 1. The average molecular weight is 215 g/mol. The number of carbonyl (C=O) groups excluding carboxylic acids is 1. The summed E-state index contributed by atoms with van der Waals surface area (Å²) in [6.07, 6.45) is 1.49. The van der Waals surface area contributed by atoms with Gasteiger partial charge in [-0.15, -0.1) is 0 Å². The molecule has 76 valence electrons. The predicted molar refractivity (Wildman–Crippen MR) is 52.8 cm³/mol. The Morgan fingerprint density at radius 2 is 2.36 bits per heavy atom. The second kappa shape index (κ2) is 3.94. The Bertz CT molecular complexity index is 352. The third kappa shape index (κ3) is 2.02. The Hall–Kier alpha value is -1.13. The van der Waals surface area contributed by atoms with Gasteiger partial charge in [-0.05, 0) is 24.6 Å². The quantitative estimate of drug-likeness (QED) is 0.591. The maximum absolute atomic E-state index is 11.3. The molecule has 0 aliphatic carbocycles. The molecule has 1 atom stereocenters. The van der Waals surface area contributed by atoms with E-state index >= 15 is 0 Å². The zero-order valence-electron chi connectivity index (χ0n) is 7.95. The molecule has 1 aromatic heterocycles. The summed E-state index contributed by atoms with van der Waals surface area (Å²) in [4.78, 5) is 15.1. The molecule has 14 heavy (non-hydrogen) atoms. The molecule has 0 spiro atoms. The fourth-order valence-electron chi connectivity index (χ4n) is 1.06. The summed E-state index contributed by atoms with van der Waals surface area (Å²) in [5.74, 6) is -0.514. The van der Waals surface area contributed by atoms with Crippen LogP contribution in [0.25, 0.3) is 0 Å². The summed E-state index contributed by atoms with van der Waals surface area (Å²) in [6.45, 7) is 1.56. The molecule has 0 aliphatic rings. The zero-order chi connectivity index (χ0) is 10.8. The van der Waals surface area contributed by atoms with Gasteiger partial charge in [-0.25, -0.2) is 9.78 Å². The lowest BCUT2D eigenvalue weighted by Crippen LogP contribution is -2.42. The van der Waals surface area contributed by atoms with E-state index in [0.717, 1.165) is 0 Å². The van der Waals surface area contributed by atoms with Crippen LogP contribution < -0.4 is 5.73 Å².